The van der Waals surface area contributed by atoms with E-state index in [9.17, 15) is 8.42 Å². The van der Waals surface area contributed by atoms with Gasteiger partial charge in [-0.3, -0.25) is 4.72 Å². The van der Waals surface area contributed by atoms with E-state index >= 15 is 0 Å². The van der Waals surface area contributed by atoms with E-state index in [1.807, 2.05) is 0 Å². The Morgan fingerprint density at radius 2 is 2.10 bits per heavy atom. The summed E-state index contributed by atoms with van der Waals surface area (Å²) >= 11 is 0. The van der Waals surface area contributed by atoms with Crippen molar-refractivity contribution in [2.24, 2.45) is 0 Å². The molecule has 0 rings (SSSR count). The van der Waals surface area contributed by atoms with Crippen LogP contribution in [0.5, 0.6) is 0 Å². The molecule has 0 atom stereocenters. The smallest absolute Gasteiger partial charge is 0.229 e. The highest BCUT2D eigenvalue weighted by atomic mass is 32.2. The summed E-state index contributed by atoms with van der Waals surface area (Å²) < 4.78 is 23.2. The first-order chi connectivity index (χ1) is 4.45. The zero-order valence-corrected chi connectivity index (χ0v) is 6.90. The standard InChI is InChI=1S/C6H11NO2S/c1-4-5-6(2)7-10(3,8)9/h4-5,7H,2H2,1,3H3/b5-4+. The van der Waals surface area contributed by atoms with Gasteiger partial charge in [-0.1, -0.05) is 12.7 Å². The van der Waals surface area contributed by atoms with Crippen LogP contribution < -0.4 is 4.72 Å². The first-order valence-corrected chi connectivity index (χ1v) is 4.64. The Morgan fingerprint density at radius 1 is 1.60 bits per heavy atom. The molecule has 0 aromatic rings. The minimum absolute atomic E-state index is 0.380. The van der Waals surface area contributed by atoms with Gasteiger partial charge in [0.25, 0.3) is 0 Å². The van der Waals surface area contributed by atoms with Crippen molar-refractivity contribution in [3.8, 4) is 0 Å². The molecule has 0 aromatic heterocycles. The predicted molar refractivity (Wildman–Crippen MR) is 41.9 cm³/mol. The van der Waals surface area contributed by atoms with E-state index in [-0.39, 0.29) is 0 Å². The van der Waals surface area contributed by atoms with E-state index in [4.69, 9.17) is 0 Å². The fourth-order valence-electron chi connectivity index (χ4n) is 0.473. The van der Waals surface area contributed by atoms with Gasteiger partial charge in [0, 0.05) is 5.70 Å². The maximum absolute atomic E-state index is 10.5. The van der Waals surface area contributed by atoms with Crippen LogP contribution in [0.15, 0.2) is 24.4 Å². The Morgan fingerprint density at radius 3 is 2.40 bits per heavy atom. The van der Waals surface area contributed by atoms with Crippen LogP contribution in [0.1, 0.15) is 6.92 Å². The van der Waals surface area contributed by atoms with Crippen LogP contribution in [-0.2, 0) is 10.0 Å². The fourth-order valence-corrected chi connectivity index (χ4v) is 1.02. The van der Waals surface area contributed by atoms with Gasteiger partial charge in [0.2, 0.25) is 10.0 Å². The number of rotatable bonds is 3. The molecule has 1 N–H and O–H groups in total. The molecule has 0 aliphatic rings. The minimum Gasteiger partial charge on any atom is -0.284 e. The summed E-state index contributed by atoms with van der Waals surface area (Å²) in [5.74, 6) is 0. The van der Waals surface area contributed by atoms with Crippen LogP contribution in [0.2, 0.25) is 0 Å². The van der Waals surface area contributed by atoms with E-state index in [0.717, 1.165) is 6.26 Å². The van der Waals surface area contributed by atoms with Crippen molar-refractivity contribution in [2.45, 2.75) is 6.92 Å². The highest BCUT2D eigenvalue weighted by Crippen LogP contribution is 1.88. The van der Waals surface area contributed by atoms with Crippen molar-refractivity contribution in [3.05, 3.63) is 24.4 Å². The van der Waals surface area contributed by atoms with Crippen molar-refractivity contribution in [2.75, 3.05) is 6.26 Å². The lowest BCUT2D eigenvalue weighted by molar-refractivity contribution is 0.595. The van der Waals surface area contributed by atoms with Gasteiger partial charge in [0.15, 0.2) is 0 Å². The second kappa shape index (κ2) is 3.41. The first kappa shape index (κ1) is 9.23. The maximum Gasteiger partial charge on any atom is 0.229 e. The fraction of sp³-hybridized carbons (Fsp3) is 0.333. The lowest BCUT2D eigenvalue weighted by Crippen LogP contribution is -2.19. The summed E-state index contributed by atoms with van der Waals surface area (Å²) in [5, 5.41) is 0. The molecule has 0 aliphatic carbocycles. The van der Waals surface area contributed by atoms with Gasteiger partial charge < -0.3 is 0 Å². The van der Waals surface area contributed by atoms with Crippen molar-refractivity contribution in [1.29, 1.82) is 0 Å². The molecule has 0 amide bonds. The van der Waals surface area contributed by atoms with Crippen LogP contribution in [0, 0.1) is 0 Å². The molecule has 0 saturated carbocycles. The Hall–Kier alpha value is -0.770. The minimum atomic E-state index is -3.15. The predicted octanol–water partition coefficient (Wildman–Crippen LogP) is 0.625. The number of allylic oxidation sites excluding steroid dienone is 2. The SMILES string of the molecule is C=C(/C=C/C)NS(C)(=O)=O. The van der Waals surface area contributed by atoms with Crippen molar-refractivity contribution < 1.29 is 8.42 Å². The highest BCUT2D eigenvalue weighted by molar-refractivity contribution is 7.88. The van der Waals surface area contributed by atoms with Crippen LogP contribution in [-0.4, -0.2) is 14.7 Å². The topological polar surface area (TPSA) is 46.2 Å². The van der Waals surface area contributed by atoms with Crippen LogP contribution >= 0.6 is 0 Å². The summed E-state index contributed by atoms with van der Waals surface area (Å²) in [5.41, 5.74) is 0.380. The quantitative estimate of drug-likeness (QED) is 0.617. The van der Waals surface area contributed by atoms with E-state index in [0.29, 0.717) is 5.70 Å². The molecule has 4 heteroatoms. The van der Waals surface area contributed by atoms with Crippen molar-refractivity contribution >= 4 is 10.0 Å². The van der Waals surface area contributed by atoms with E-state index in [2.05, 4.69) is 11.3 Å². The summed E-state index contributed by atoms with van der Waals surface area (Å²) in [4.78, 5) is 0. The number of hydrogen-bond acceptors (Lipinski definition) is 2. The third-order valence-corrected chi connectivity index (χ3v) is 1.32. The molecule has 0 spiro atoms. The van der Waals surface area contributed by atoms with Crippen LogP contribution in [0.3, 0.4) is 0 Å². The van der Waals surface area contributed by atoms with E-state index in [1.54, 1.807) is 19.1 Å². The Kier molecular flexibility index (Phi) is 3.15. The zero-order valence-electron chi connectivity index (χ0n) is 6.09. The number of sulfonamides is 1. The molecular weight excluding hydrogens is 150 g/mol. The van der Waals surface area contributed by atoms with Crippen LogP contribution in [0.4, 0.5) is 0 Å². The summed E-state index contributed by atoms with van der Waals surface area (Å²) in [6, 6.07) is 0. The Labute approximate surface area is 61.5 Å². The Balaban J connectivity index is 4.07. The van der Waals surface area contributed by atoms with Gasteiger partial charge in [0.1, 0.15) is 0 Å². The van der Waals surface area contributed by atoms with Crippen molar-refractivity contribution in [3.63, 3.8) is 0 Å². The highest BCUT2D eigenvalue weighted by Gasteiger charge is 1.97. The third-order valence-electron chi connectivity index (χ3n) is 0.684. The van der Waals surface area contributed by atoms with Gasteiger partial charge in [0.05, 0.1) is 6.26 Å². The van der Waals surface area contributed by atoms with Gasteiger partial charge in [-0.05, 0) is 13.0 Å². The lowest BCUT2D eigenvalue weighted by Gasteiger charge is -2.00. The summed E-state index contributed by atoms with van der Waals surface area (Å²) in [6.45, 7) is 5.24. The summed E-state index contributed by atoms with van der Waals surface area (Å²) in [7, 11) is -3.15. The molecule has 0 aromatic carbocycles. The lowest BCUT2D eigenvalue weighted by atomic mass is 10.4. The normalized spacial score (nSPS) is 11.8. The molecule has 10 heavy (non-hydrogen) atoms. The Bertz CT molecular complexity index is 238. The summed E-state index contributed by atoms with van der Waals surface area (Å²) in [6.07, 6.45) is 4.38. The van der Waals surface area contributed by atoms with E-state index in [1.165, 1.54) is 0 Å². The molecule has 58 valence electrons. The molecule has 0 unspecified atom stereocenters. The molecule has 0 aliphatic heterocycles. The largest absolute Gasteiger partial charge is 0.284 e. The van der Waals surface area contributed by atoms with Crippen LogP contribution in [0.25, 0.3) is 0 Å². The average Bonchev–Trinajstić information content (AvgIpc) is 1.59. The molecule has 0 heterocycles. The monoisotopic (exact) mass is 161 g/mol. The average molecular weight is 161 g/mol. The van der Waals surface area contributed by atoms with Gasteiger partial charge in [-0.15, -0.1) is 0 Å². The van der Waals surface area contributed by atoms with Crippen molar-refractivity contribution in [1.82, 2.24) is 4.72 Å². The first-order valence-electron chi connectivity index (χ1n) is 2.75. The van der Waals surface area contributed by atoms with E-state index < -0.39 is 10.0 Å². The molecule has 0 fully saturated rings. The molecule has 0 radical (unpaired) electrons. The van der Waals surface area contributed by atoms with Gasteiger partial charge >= 0.3 is 0 Å². The molecule has 0 bridgehead atoms. The maximum atomic E-state index is 10.5. The number of nitrogens with one attached hydrogen (secondary N) is 1. The number of hydrogen-bond donors (Lipinski definition) is 1. The molecular formula is C6H11NO2S. The molecule has 3 nitrogen and oxygen atoms in total. The second-order valence-electron chi connectivity index (χ2n) is 1.90. The molecule has 0 saturated heterocycles. The van der Waals surface area contributed by atoms with Gasteiger partial charge in [-0.2, -0.15) is 0 Å². The van der Waals surface area contributed by atoms with Gasteiger partial charge in [-0.25, -0.2) is 8.42 Å². The zero-order chi connectivity index (χ0) is 8.20. The second-order valence-corrected chi connectivity index (χ2v) is 3.65. The third kappa shape index (κ3) is 5.37.